The molecule has 0 unspecified atom stereocenters. The quantitative estimate of drug-likeness (QED) is 0.497. The van der Waals surface area contributed by atoms with E-state index >= 15 is 0 Å². The van der Waals surface area contributed by atoms with Crippen LogP contribution in [0.15, 0.2) is 24.3 Å². The van der Waals surface area contributed by atoms with E-state index in [1.54, 1.807) is 0 Å². The summed E-state index contributed by atoms with van der Waals surface area (Å²) in [5.74, 6) is -5.80. The Morgan fingerprint density at radius 1 is 0.684 bits per heavy atom. The van der Waals surface area contributed by atoms with Crippen molar-refractivity contribution in [3.8, 4) is 0 Å². The largest absolute Gasteiger partial charge is 0.395 e. The molecule has 100 valence electrons. The van der Waals surface area contributed by atoms with Gasteiger partial charge in [-0.2, -0.15) is 0 Å². The third kappa shape index (κ3) is 2.59. The average Bonchev–Trinajstić information content (AvgIpc) is 2.32. The minimum atomic E-state index is -1.37. The van der Waals surface area contributed by atoms with Gasteiger partial charge in [0.15, 0.2) is 17.5 Å². The van der Waals surface area contributed by atoms with Gasteiger partial charge in [0.2, 0.25) is 0 Å². The van der Waals surface area contributed by atoms with Gasteiger partial charge in [0.25, 0.3) is 0 Å². The number of rotatable bonds is 2. The number of nitrogen functional groups attached to an aromatic ring is 1. The third-order valence-electron chi connectivity index (χ3n) is 2.37. The van der Waals surface area contributed by atoms with Gasteiger partial charge in [-0.25, -0.2) is 22.0 Å². The van der Waals surface area contributed by atoms with Crippen LogP contribution in [0, 0.1) is 29.1 Å². The second kappa shape index (κ2) is 4.75. The predicted octanol–water partition coefficient (Wildman–Crippen LogP) is 3.71. The molecular weight excluding hydrogens is 267 g/mol. The first-order valence-corrected chi connectivity index (χ1v) is 5.04. The Hall–Kier alpha value is -2.31. The molecular formula is C12H7F5N2. The lowest BCUT2D eigenvalue weighted by Crippen LogP contribution is -2.02. The molecule has 0 aromatic heterocycles. The fourth-order valence-electron chi connectivity index (χ4n) is 1.45. The van der Waals surface area contributed by atoms with E-state index in [0.29, 0.717) is 18.2 Å². The number of halogens is 5. The summed E-state index contributed by atoms with van der Waals surface area (Å²) in [5, 5.41) is 2.20. The normalized spacial score (nSPS) is 10.6. The summed E-state index contributed by atoms with van der Waals surface area (Å²) in [6.07, 6.45) is 0. The molecule has 2 aromatic carbocycles. The number of hydrogen-bond donors (Lipinski definition) is 2. The van der Waals surface area contributed by atoms with Gasteiger partial charge in [-0.3, -0.25) is 0 Å². The molecule has 0 aliphatic carbocycles. The highest BCUT2D eigenvalue weighted by molar-refractivity contribution is 5.73. The van der Waals surface area contributed by atoms with E-state index in [-0.39, 0.29) is 5.69 Å². The summed E-state index contributed by atoms with van der Waals surface area (Å²) >= 11 is 0. The van der Waals surface area contributed by atoms with Crippen molar-refractivity contribution < 1.29 is 22.0 Å². The predicted molar refractivity (Wildman–Crippen MR) is 60.4 cm³/mol. The van der Waals surface area contributed by atoms with Crippen molar-refractivity contribution in [1.29, 1.82) is 0 Å². The number of anilines is 3. The number of nitrogens with one attached hydrogen (secondary N) is 1. The van der Waals surface area contributed by atoms with E-state index in [1.165, 1.54) is 0 Å². The van der Waals surface area contributed by atoms with Crippen LogP contribution in [0.4, 0.5) is 39.0 Å². The van der Waals surface area contributed by atoms with Crippen molar-refractivity contribution in [3.05, 3.63) is 53.4 Å². The molecule has 0 amide bonds. The molecule has 0 heterocycles. The summed E-state index contributed by atoms with van der Waals surface area (Å²) in [7, 11) is 0. The highest BCUT2D eigenvalue weighted by atomic mass is 19.2. The molecule has 2 aromatic rings. The highest BCUT2D eigenvalue weighted by Crippen LogP contribution is 2.29. The van der Waals surface area contributed by atoms with Gasteiger partial charge >= 0.3 is 0 Å². The second-order valence-electron chi connectivity index (χ2n) is 3.72. The first kappa shape index (κ1) is 13.1. The molecule has 0 bridgehead atoms. The summed E-state index contributed by atoms with van der Waals surface area (Å²) in [4.78, 5) is 0. The van der Waals surface area contributed by atoms with Crippen LogP contribution >= 0.6 is 0 Å². The number of nitrogens with two attached hydrogens (primary N) is 1. The highest BCUT2D eigenvalue weighted by Gasteiger charge is 2.13. The molecule has 0 saturated carbocycles. The maximum Gasteiger partial charge on any atom is 0.161 e. The van der Waals surface area contributed by atoms with E-state index in [0.717, 1.165) is 6.07 Å². The van der Waals surface area contributed by atoms with Crippen LogP contribution in [0.3, 0.4) is 0 Å². The smallest absolute Gasteiger partial charge is 0.161 e. The van der Waals surface area contributed by atoms with E-state index in [2.05, 4.69) is 5.32 Å². The lowest BCUT2D eigenvalue weighted by atomic mass is 10.2. The van der Waals surface area contributed by atoms with Crippen molar-refractivity contribution in [2.45, 2.75) is 0 Å². The molecule has 0 fully saturated rings. The SMILES string of the molecule is Nc1c(F)cc(F)cc1Nc1cc(F)c(F)cc1F. The van der Waals surface area contributed by atoms with Gasteiger partial charge in [-0.05, 0) is 6.07 Å². The molecule has 2 nitrogen and oxygen atoms in total. The lowest BCUT2D eigenvalue weighted by molar-refractivity contribution is 0.496. The van der Waals surface area contributed by atoms with E-state index in [4.69, 9.17) is 5.73 Å². The minimum absolute atomic E-state index is 0.289. The minimum Gasteiger partial charge on any atom is -0.395 e. The van der Waals surface area contributed by atoms with Crippen LogP contribution in [-0.4, -0.2) is 0 Å². The summed E-state index contributed by atoms with van der Waals surface area (Å²) in [6.45, 7) is 0. The van der Waals surface area contributed by atoms with Gasteiger partial charge in [0.1, 0.15) is 11.6 Å². The van der Waals surface area contributed by atoms with Crippen LogP contribution in [0.5, 0.6) is 0 Å². The van der Waals surface area contributed by atoms with Gasteiger partial charge < -0.3 is 11.1 Å². The monoisotopic (exact) mass is 274 g/mol. The van der Waals surface area contributed by atoms with Gasteiger partial charge in [-0.1, -0.05) is 0 Å². The maximum atomic E-state index is 13.4. The zero-order chi connectivity index (χ0) is 14.2. The first-order chi connectivity index (χ1) is 8.88. The fraction of sp³-hybridized carbons (Fsp3) is 0. The molecule has 7 heteroatoms. The summed E-state index contributed by atoms with van der Waals surface area (Å²) in [5.41, 5.74) is 4.08. The van der Waals surface area contributed by atoms with Gasteiger partial charge in [0, 0.05) is 18.2 Å². The lowest BCUT2D eigenvalue weighted by Gasteiger charge is -2.11. The Balaban J connectivity index is 2.44. The van der Waals surface area contributed by atoms with E-state index in [1.807, 2.05) is 0 Å². The topological polar surface area (TPSA) is 38.0 Å². The molecule has 3 N–H and O–H groups in total. The van der Waals surface area contributed by atoms with E-state index < -0.39 is 40.5 Å². The molecule has 0 atom stereocenters. The maximum absolute atomic E-state index is 13.4. The van der Waals surface area contributed by atoms with Crippen molar-refractivity contribution >= 4 is 17.1 Å². The van der Waals surface area contributed by atoms with Gasteiger partial charge in [0.05, 0.1) is 17.1 Å². The van der Waals surface area contributed by atoms with Crippen LogP contribution in [0.2, 0.25) is 0 Å². The van der Waals surface area contributed by atoms with Crippen molar-refractivity contribution in [1.82, 2.24) is 0 Å². The average molecular weight is 274 g/mol. The summed E-state index contributed by atoms with van der Waals surface area (Å²) < 4.78 is 65.2. The molecule has 0 radical (unpaired) electrons. The second-order valence-corrected chi connectivity index (χ2v) is 3.72. The van der Waals surface area contributed by atoms with Crippen LogP contribution in [0.25, 0.3) is 0 Å². The van der Waals surface area contributed by atoms with Crippen LogP contribution in [0.1, 0.15) is 0 Å². The fourth-order valence-corrected chi connectivity index (χ4v) is 1.45. The van der Waals surface area contributed by atoms with Crippen molar-refractivity contribution in [2.75, 3.05) is 11.1 Å². The number of benzene rings is 2. The molecule has 2 rings (SSSR count). The van der Waals surface area contributed by atoms with Crippen molar-refractivity contribution in [2.24, 2.45) is 0 Å². The first-order valence-electron chi connectivity index (χ1n) is 5.04. The Kier molecular flexibility index (Phi) is 3.28. The van der Waals surface area contributed by atoms with Gasteiger partial charge in [-0.15, -0.1) is 0 Å². The molecule has 19 heavy (non-hydrogen) atoms. The van der Waals surface area contributed by atoms with Crippen molar-refractivity contribution in [3.63, 3.8) is 0 Å². The molecule has 0 saturated heterocycles. The third-order valence-corrected chi connectivity index (χ3v) is 2.37. The summed E-state index contributed by atoms with van der Waals surface area (Å²) in [6, 6.07) is 2.18. The van der Waals surface area contributed by atoms with Crippen LogP contribution in [-0.2, 0) is 0 Å². The number of hydrogen-bond acceptors (Lipinski definition) is 2. The Labute approximate surface area is 104 Å². The standard InChI is InChI=1S/C12H7F5N2/c13-5-1-9(17)12(18)11(2-5)19-10-4-7(15)6(14)3-8(10)16/h1-4,19H,18H2. The van der Waals surface area contributed by atoms with E-state index in [9.17, 15) is 22.0 Å². The molecule has 0 aliphatic heterocycles. The Bertz CT molecular complexity index is 643. The molecule has 0 aliphatic rings. The Morgan fingerprint density at radius 3 is 2.00 bits per heavy atom. The molecule has 0 spiro atoms. The van der Waals surface area contributed by atoms with Crippen LogP contribution < -0.4 is 11.1 Å². The zero-order valence-corrected chi connectivity index (χ0v) is 9.28. The zero-order valence-electron chi connectivity index (χ0n) is 9.28. The Morgan fingerprint density at radius 2 is 1.32 bits per heavy atom.